The molecule has 1 saturated heterocycles. The van der Waals surface area contributed by atoms with Gasteiger partial charge >= 0.3 is 5.97 Å². The molecule has 2 atom stereocenters. The number of amides is 1. The van der Waals surface area contributed by atoms with E-state index in [-0.39, 0.29) is 18.4 Å². The van der Waals surface area contributed by atoms with Gasteiger partial charge in [0.1, 0.15) is 6.04 Å². The number of nitrogens with one attached hydrogen (secondary N) is 2. The van der Waals surface area contributed by atoms with E-state index in [4.69, 9.17) is 9.84 Å². The van der Waals surface area contributed by atoms with Crippen LogP contribution in [0, 0.1) is 0 Å². The average molecular weight is 230 g/mol. The summed E-state index contributed by atoms with van der Waals surface area (Å²) in [6, 6.07) is -0.808. The maximum Gasteiger partial charge on any atom is 0.326 e. The van der Waals surface area contributed by atoms with Gasteiger partial charge in [0.2, 0.25) is 5.91 Å². The number of carboxylic acids is 1. The van der Waals surface area contributed by atoms with Gasteiger partial charge in [0.15, 0.2) is 0 Å². The Morgan fingerprint density at radius 3 is 2.88 bits per heavy atom. The van der Waals surface area contributed by atoms with Crippen LogP contribution in [0.2, 0.25) is 0 Å². The highest BCUT2D eigenvalue weighted by Gasteiger charge is 2.21. The van der Waals surface area contributed by atoms with Crippen molar-refractivity contribution in [3.05, 3.63) is 0 Å². The summed E-state index contributed by atoms with van der Waals surface area (Å²) in [6.07, 6.45) is 0.638. The highest BCUT2D eigenvalue weighted by Crippen LogP contribution is 2.00. The molecule has 1 heterocycles. The van der Waals surface area contributed by atoms with Crippen LogP contribution in [-0.4, -0.2) is 48.8 Å². The van der Waals surface area contributed by atoms with E-state index in [0.29, 0.717) is 19.6 Å². The van der Waals surface area contributed by atoms with Gasteiger partial charge in [-0.25, -0.2) is 4.79 Å². The number of rotatable bonds is 5. The molecule has 1 amide bonds. The van der Waals surface area contributed by atoms with Crippen LogP contribution in [0.3, 0.4) is 0 Å². The van der Waals surface area contributed by atoms with Gasteiger partial charge in [0.25, 0.3) is 0 Å². The van der Waals surface area contributed by atoms with Crippen molar-refractivity contribution in [3.63, 3.8) is 0 Å². The van der Waals surface area contributed by atoms with Crippen molar-refractivity contribution in [2.24, 2.45) is 0 Å². The minimum Gasteiger partial charge on any atom is -0.480 e. The summed E-state index contributed by atoms with van der Waals surface area (Å²) in [6.45, 7) is 3.61. The molecule has 1 aliphatic rings. The number of hydrogen-bond acceptors (Lipinski definition) is 4. The zero-order valence-corrected chi connectivity index (χ0v) is 9.36. The van der Waals surface area contributed by atoms with Gasteiger partial charge in [-0.05, 0) is 6.42 Å². The summed E-state index contributed by atoms with van der Waals surface area (Å²) in [5.41, 5.74) is 0. The van der Waals surface area contributed by atoms with Gasteiger partial charge in [-0.3, -0.25) is 4.79 Å². The second kappa shape index (κ2) is 6.44. The largest absolute Gasteiger partial charge is 0.480 e. The number of carbonyl (C=O) groups excluding carboxylic acids is 1. The number of morpholine rings is 1. The molecule has 92 valence electrons. The maximum absolute atomic E-state index is 11.5. The lowest BCUT2D eigenvalue weighted by Gasteiger charge is -2.23. The first-order chi connectivity index (χ1) is 7.63. The van der Waals surface area contributed by atoms with Crippen LogP contribution < -0.4 is 10.6 Å². The van der Waals surface area contributed by atoms with Gasteiger partial charge in [-0.15, -0.1) is 0 Å². The molecule has 3 N–H and O–H groups in total. The second-order valence-electron chi connectivity index (χ2n) is 3.80. The minimum absolute atomic E-state index is 0.0138. The molecule has 0 radical (unpaired) electrons. The van der Waals surface area contributed by atoms with Gasteiger partial charge in [0.05, 0.1) is 13.2 Å². The first-order valence-electron chi connectivity index (χ1n) is 5.46. The Morgan fingerprint density at radius 1 is 1.62 bits per heavy atom. The van der Waals surface area contributed by atoms with Crippen LogP contribution in [0.25, 0.3) is 0 Å². The first kappa shape index (κ1) is 12.9. The SMILES string of the molecule is CCC(NC(=O)CC1COCCN1)C(=O)O. The zero-order valence-electron chi connectivity index (χ0n) is 9.36. The molecular formula is C10H18N2O4. The van der Waals surface area contributed by atoms with Crippen molar-refractivity contribution in [2.75, 3.05) is 19.8 Å². The fourth-order valence-electron chi connectivity index (χ4n) is 1.57. The smallest absolute Gasteiger partial charge is 0.326 e. The zero-order chi connectivity index (χ0) is 12.0. The predicted molar refractivity (Wildman–Crippen MR) is 57.1 cm³/mol. The lowest BCUT2D eigenvalue weighted by Crippen LogP contribution is -2.47. The summed E-state index contributed by atoms with van der Waals surface area (Å²) >= 11 is 0. The second-order valence-corrected chi connectivity index (χ2v) is 3.80. The Hall–Kier alpha value is -1.14. The van der Waals surface area contributed by atoms with Crippen molar-refractivity contribution in [1.82, 2.24) is 10.6 Å². The molecular weight excluding hydrogens is 212 g/mol. The Morgan fingerprint density at radius 2 is 2.38 bits per heavy atom. The average Bonchev–Trinajstić information content (AvgIpc) is 2.27. The Labute approximate surface area is 94.3 Å². The Bertz CT molecular complexity index is 251. The fraction of sp³-hybridized carbons (Fsp3) is 0.800. The normalized spacial score (nSPS) is 22.4. The summed E-state index contributed by atoms with van der Waals surface area (Å²) < 4.78 is 5.20. The van der Waals surface area contributed by atoms with E-state index >= 15 is 0 Å². The molecule has 2 unspecified atom stereocenters. The van der Waals surface area contributed by atoms with Crippen LogP contribution in [-0.2, 0) is 14.3 Å². The van der Waals surface area contributed by atoms with E-state index in [2.05, 4.69) is 10.6 Å². The Balaban J connectivity index is 2.31. The van der Waals surface area contributed by atoms with E-state index in [0.717, 1.165) is 6.54 Å². The minimum atomic E-state index is -0.997. The predicted octanol–water partition coefficient (Wildman–Crippen LogP) is -0.656. The van der Waals surface area contributed by atoms with Crippen LogP contribution in [0.15, 0.2) is 0 Å². The van der Waals surface area contributed by atoms with Crippen LogP contribution in [0.5, 0.6) is 0 Å². The molecule has 1 rings (SSSR count). The summed E-state index contributed by atoms with van der Waals surface area (Å²) in [5, 5.41) is 14.4. The molecule has 0 aromatic rings. The van der Waals surface area contributed by atoms with E-state index in [1.165, 1.54) is 0 Å². The molecule has 0 aromatic heterocycles. The quantitative estimate of drug-likeness (QED) is 0.584. The lowest BCUT2D eigenvalue weighted by molar-refractivity contribution is -0.142. The molecule has 16 heavy (non-hydrogen) atoms. The number of hydrogen-bond donors (Lipinski definition) is 3. The summed E-state index contributed by atoms with van der Waals surface area (Å²) in [4.78, 5) is 22.2. The van der Waals surface area contributed by atoms with Crippen molar-refractivity contribution in [1.29, 1.82) is 0 Å². The van der Waals surface area contributed by atoms with Crippen molar-refractivity contribution >= 4 is 11.9 Å². The van der Waals surface area contributed by atoms with E-state index in [1.54, 1.807) is 6.92 Å². The van der Waals surface area contributed by atoms with E-state index in [1.807, 2.05) is 0 Å². The van der Waals surface area contributed by atoms with Crippen LogP contribution in [0.4, 0.5) is 0 Å². The number of carboxylic acid groups (broad SMARTS) is 1. The topological polar surface area (TPSA) is 87.7 Å². The van der Waals surface area contributed by atoms with E-state index in [9.17, 15) is 9.59 Å². The first-order valence-corrected chi connectivity index (χ1v) is 5.46. The lowest BCUT2D eigenvalue weighted by atomic mass is 10.1. The van der Waals surface area contributed by atoms with Crippen LogP contribution >= 0.6 is 0 Å². The summed E-state index contributed by atoms with van der Waals surface area (Å²) in [5.74, 6) is -1.25. The van der Waals surface area contributed by atoms with Gasteiger partial charge in [0, 0.05) is 19.0 Å². The number of ether oxygens (including phenoxy) is 1. The molecule has 6 heteroatoms. The summed E-state index contributed by atoms with van der Waals surface area (Å²) in [7, 11) is 0. The third-order valence-electron chi connectivity index (χ3n) is 2.47. The van der Waals surface area contributed by atoms with E-state index < -0.39 is 12.0 Å². The van der Waals surface area contributed by atoms with Gasteiger partial charge in [-0.2, -0.15) is 0 Å². The number of aliphatic carboxylic acids is 1. The molecule has 0 saturated carbocycles. The standard InChI is InChI=1S/C10H18N2O4/c1-2-8(10(14)15)12-9(13)5-7-6-16-4-3-11-7/h7-8,11H,2-6H2,1H3,(H,12,13)(H,14,15). The molecule has 0 aromatic carbocycles. The molecule has 0 bridgehead atoms. The van der Waals surface area contributed by atoms with Gasteiger partial charge in [-0.1, -0.05) is 6.92 Å². The third kappa shape index (κ3) is 4.16. The molecule has 0 aliphatic carbocycles. The fourth-order valence-corrected chi connectivity index (χ4v) is 1.57. The molecule has 1 fully saturated rings. The van der Waals surface area contributed by atoms with Gasteiger partial charge < -0.3 is 20.5 Å². The molecule has 6 nitrogen and oxygen atoms in total. The van der Waals surface area contributed by atoms with Crippen LogP contribution in [0.1, 0.15) is 19.8 Å². The monoisotopic (exact) mass is 230 g/mol. The highest BCUT2D eigenvalue weighted by atomic mass is 16.5. The maximum atomic E-state index is 11.5. The van der Waals surface area contributed by atoms with Crippen molar-refractivity contribution in [2.45, 2.75) is 31.8 Å². The van der Waals surface area contributed by atoms with Crippen molar-refractivity contribution in [3.8, 4) is 0 Å². The molecule has 1 aliphatic heterocycles. The highest BCUT2D eigenvalue weighted by molar-refractivity contribution is 5.83. The number of carbonyl (C=O) groups is 2. The van der Waals surface area contributed by atoms with Crippen molar-refractivity contribution < 1.29 is 19.4 Å². The third-order valence-corrected chi connectivity index (χ3v) is 2.47. The molecule has 0 spiro atoms. The Kier molecular flexibility index (Phi) is 5.21.